The largest absolute Gasteiger partial charge is 0.322 e. The molecule has 0 radical (unpaired) electrons. The zero-order valence-electron chi connectivity index (χ0n) is 22.1. The van der Waals surface area contributed by atoms with Gasteiger partial charge in [-0.25, -0.2) is 0 Å². The second kappa shape index (κ2) is 10.7. The van der Waals surface area contributed by atoms with E-state index in [2.05, 4.69) is 11.4 Å². The lowest BCUT2D eigenvalue weighted by atomic mass is 9.48. The summed E-state index contributed by atoms with van der Waals surface area (Å²) in [4.78, 5) is 39.7. The minimum absolute atomic E-state index is 0.0829. The van der Waals surface area contributed by atoms with Crippen LogP contribution in [0.25, 0.3) is 0 Å². The van der Waals surface area contributed by atoms with Gasteiger partial charge in [0.1, 0.15) is 6.04 Å². The first-order valence-electron chi connectivity index (χ1n) is 14.9. The zero-order valence-corrected chi connectivity index (χ0v) is 23.0. The van der Waals surface area contributed by atoms with Crippen LogP contribution in [0.15, 0.2) is 23.1 Å². The van der Waals surface area contributed by atoms with Crippen molar-refractivity contribution in [2.45, 2.75) is 114 Å². The molecule has 4 aliphatic carbocycles. The third kappa shape index (κ3) is 5.37. The molecule has 2 aliphatic heterocycles. The summed E-state index contributed by atoms with van der Waals surface area (Å²) >= 11 is 1.84. The minimum Gasteiger partial charge on any atom is -0.322 e. The molecule has 5 fully saturated rings. The number of carbonyl (C=O) groups excluding carboxylic acids is 3. The molecule has 0 unspecified atom stereocenters. The SMILES string of the molecule is O=C1CC[C@H](N2Cc3c(SCCCCCCCCC45CC6CC(CC(C6)C4)C5)cccc3C2=O)C(=O)N1. The monoisotopic (exact) mass is 522 g/mol. The molecule has 5 nitrogen and oxygen atoms in total. The van der Waals surface area contributed by atoms with Crippen molar-refractivity contribution in [3.05, 3.63) is 29.3 Å². The summed E-state index contributed by atoms with van der Waals surface area (Å²) in [5.74, 6) is 3.63. The molecule has 1 aromatic carbocycles. The molecule has 4 saturated carbocycles. The van der Waals surface area contributed by atoms with Crippen molar-refractivity contribution >= 4 is 29.5 Å². The lowest BCUT2D eigenvalue weighted by Crippen LogP contribution is -2.52. The normalized spacial score (nSPS) is 32.2. The van der Waals surface area contributed by atoms with Crippen LogP contribution in [0.3, 0.4) is 0 Å². The van der Waals surface area contributed by atoms with Crippen LogP contribution < -0.4 is 5.32 Å². The van der Waals surface area contributed by atoms with Crippen molar-refractivity contribution in [3.8, 4) is 0 Å². The van der Waals surface area contributed by atoms with Crippen molar-refractivity contribution in [3.63, 3.8) is 0 Å². The van der Waals surface area contributed by atoms with Crippen molar-refractivity contribution in [1.82, 2.24) is 10.2 Å². The smallest absolute Gasteiger partial charge is 0.255 e. The second-order valence-corrected chi connectivity index (χ2v) is 14.0. The molecule has 6 heteroatoms. The molecular weight excluding hydrogens is 480 g/mol. The van der Waals surface area contributed by atoms with Crippen LogP contribution >= 0.6 is 11.8 Å². The van der Waals surface area contributed by atoms with E-state index in [0.717, 1.165) is 39.4 Å². The molecule has 2 heterocycles. The lowest BCUT2D eigenvalue weighted by Gasteiger charge is -2.57. The van der Waals surface area contributed by atoms with E-state index in [1.54, 1.807) is 43.4 Å². The van der Waals surface area contributed by atoms with E-state index in [1.165, 1.54) is 44.9 Å². The molecule has 200 valence electrons. The summed E-state index contributed by atoms with van der Waals surface area (Å²) in [5, 5.41) is 2.39. The standard InChI is InChI=1S/C31H42N2O3S/c34-28-11-10-26(29(35)32-28)33-20-25-24(30(33)36)8-7-9-27(25)37-13-6-4-2-1-3-5-12-31-17-21-14-22(18-31)16-23(15-21)19-31/h7-9,21-23,26H,1-6,10-20H2,(H,32,34,35)/t21?,22?,23?,26-,31?/m0/s1. The van der Waals surface area contributed by atoms with Crippen molar-refractivity contribution in [1.29, 1.82) is 0 Å². The molecule has 0 aromatic heterocycles. The van der Waals surface area contributed by atoms with Gasteiger partial charge in [0, 0.05) is 23.4 Å². The number of benzene rings is 1. The van der Waals surface area contributed by atoms with Crippen molar-refractivity contribution < 1.29 is 14.4 Å². The van der Waals surface area contributed by atoms with Gasteiger partial charge in [-0.05, 0) is 104 Å². The number of hydrogen-bond donors (Lipinski definition) is 1. The summed E-state index contributed by atoms with van der Waals surface area (Å²) in [6, 6.07) is 5.39. The Bertz CT molecular complexity index is 1020. The lowest BCUT2D eigenvalue weighted by molar-refractivity contribution is -0.136. The maximum Gasteiger partial charge on any atom is 0.255 e. The number of amides is 3. The number of unbranched alkanes of at least 4 members (excludes halogenated alkanes) is 5. The molecule has 1 saturated heterocycles. The molecule has 1 aromatic rings. The third-order valence-corrected chi connectivity index (χ3v) is 11.2. The van der Waals surface area contributed by atoms with Crippen LogP contribution in [0.1, 0.15) is 112 Å². The summed E-state index contributed by atoms with van der Waals surface area (Å²) < 4.78 is 0. The maximum atomic E-state index is 13.0. The molecule has 0 spiro atoms. The van der Waals surface area contributed by atoms with Crippen LogP contribution in [0.5, 0.6) is 0 Å². The van der Waals surface area contributed by atoms with Gasteiger partial charge >= 0.3 is 0 Å². The number of rotatable bonds is 11. The Hall–Kier alpha value is -1.82. The summed E-state index contributed by atoms with van der Waals surface area (Å²) in [7, 11) is 0. The van der Waals surface area contributed by atoms with Gasteiger partial charge in [0.2, 0.25) is 11.8 Å². The molecule has 7 rings (SSSR count). The maximum absolute atomic E-state index is 13.0. The van der Waals surface area contributed by atoms with Crippen LogP contribution in [-0.4, -0.2) is 34.4 Å². The van der Waals surface area contributed by atoms with Gasteiger partial charge in [0.15, 0.2) is 0 Å². The number of nitrogens with zero attached hydrogens (tertiary/aromatic N) is 1. The fourth-order valence-electron chi connectivity index (χ4n) is 8.78. The summed E-state index contributed by atoms with van der Waals surface area (Å²) in [5.41, 5.74) is 2.51. The first-order valence-corrected chi connectivity index (χ1v) is 15.9. The topological polar surface area (TPSA) is 66.5 Å². The fraction of sp³-hybridized carbons (Fsp3) is 0.710. The van der Waals surface area contributed by atoms with Crippen LogP contribution in [0, 0.1) is 23.2 Å². The van der Waals surface area contributed by atoms with E-state index in [0.29, 0.717) is 24.9 Å². The average Bonchev–Trinajstić information content (AvgIpc) is 3.19. The van der Waals surface area contributed by atoms with Gasteiger partial charge in [-0.1, -0.05) is 38.2 Å². The second-order valence-electron chi connectivity index (χ2n) is 12.8. The predicted molar refractivity (Wildman–Crippen MR) is 146 cm³/mol. The quantitative estimate of drug-likeness (QED) is 0.205. The highest BCUT2D eigenvalue weighted by atomic mass is 32.2. The Morgan fingerprint density at radius 2 is 1.57 bits per heavy atom. The zero-order chi connectivity index (χ0) is 25.4. The van der Waals surface area contributed by atoms with E-state index < -0.39 is 6.04 Å². The molecule has 1 atom stereocenters. The highest BCUT2D eigenvalue weighted by Crippen LogP contribution is 2.61. The Balaban J connectivity index is 0.896. The highest BCUT2D eigenvalue weighted by Gasteiger charge is 2.50. The number of fused-ring (bicyclic) bond motifs is 1. The van der Waals surface area contributed by atoms with Gasteiger partial charge in [-0.2, -0.15) is 0 Å². The van der Waals surface area contributed by atoms with Gasteiger partial charge in [0.25, 0.3) is 5.91 Å². The van der Waals surface area contributed by atoms with Crippen molar-refractivity contribution in [2.24, 2.45) is 23.2 Å². The number of carbonyl (C=O) groups is 3. The summed E-state index contributed by atoms with van der Waals surface area (Å²) in [6.07, 6.45) is 19.5. The molecule has 3 amide bonds. The third-order valence-electron chi connectivity index (χ3n) is 10.1. The molecule has 1 N–H and O–H groups in total. The number of imide groups is 1. The van der Waals surface area contributed by atoms with E-state index in [1.807, 2.05) is 23.9 Å². The van der Waals surface area contributed by atoms with Gasteiger partial charge in [-0.3, -0.25) is 19.7 Å². The molecule has 37 heavy (non-hydrogen) atoms. The van der Waals surface area contributed by atoms with Crippen molar-refractivity contribution in [2.75, 3.05) is 5.75 Å². The van der Waals surface area contributed by atoms with Gasteiger partial charge < -0.3 is 4.90 Å². The Kier molecular flexibility index (Phi) is 7.39. The molecular formula is C31H42N2O3S. The van der Waals surface area contributed by atoms with Gasteiger partial charge in [0.05, 0.1) is 0 Å². The van der Waals surface area contributed by atoms with E-state index in [9.17, 15) is 14.4 Å². The van der Waals surface area contributed by atoms with Crippen LogP contribution in [-0.2, 0) is 16.1 Å². The Morgan fingerprint density at radius 1 is 0.892 bits per heavy atom. The number of thioether (sulfide) groups is 1. The fourth-order valence-corrected chi connectivity index (χ4v) is 9.87. The number of hydrogen-bond acceptors (Lipinski definition) is 4. The van der Waals surface area contributed by atoms with E-state index in [4.69, 9.17) is 0 Å². The summed E-state index contributed by atoms with van der Waals surface area (Å²) in [6.45, 7) is 0.466. The first-order chi connectivity index (χ1) is 18.0. The Labute approximate surface area is 225 Å². The van der Waals surface area contributed by atoms with Crippen LogP contribution in [0.2, 0.25) is 0 Å². The molecule has 4 bridgehead atoms. The number of piperidine rings is 1. The first kappa shape index (κ1) is 25.5. The number of nitrogens with one attached hydrogen (secondary N) is 1. The minimum atomic E-state index is -0.543. The average molecular weight is 523 g/mol. The predicted octanol–water partition coefficient (Wildman–Crippen LogP) is 6.49. The Morgan fingerprint density at radius 3 is 2.27 bits per heavy atom. The molecule has 6 aliphatic rings. The van der Waals surface area contributed by atoms with Crippen LogP contribution in [0.4, 0.5) is 0 Å². The van der Waals surface area contributed by atoms with Gasteiger partial charge in [-0.15, -0.1) is 11.8 Å². The highest BCUT2D eigenvalue weighted by molar-refractivity contribution is 7.99. The van der Waals surface area contributed by atoms with E-state index in [-0.39, 0.29) is 17.7 Å². The van der Waals surface area contributed by atoms with E-state index >= 15 is 0 Å².